The first-order valence-corrected chi connectivity index (χ1v) is 11.8. The maximum Gasteiger partial charge on any atom is 0.264 e. The third kappa shape index (κ3) is 3.64. The van der Waals surface area contributed by atoms with Gasteiger partial charge in [-0.15, -0.1) is 0 Å². The van der Waals surface area contributed by atoms with Gasteiger partial charge in [0.1, 0.15) is 0 Å². The Kier molecular flexibility index (Phi) is 5.15. The van der Waals surface area contributed by atoms with Gasteiger partial charge in [0.2, 0.25) is 0 Å². The van der Waals surface area contributed by atoms with Crippen molar-refractivity contribution in [1.82, 2.24) is 0 Å². The Morgan fingerprint density at radius 3 is 1.73 bits per heavy atom. The predicted molar refractivity (Wildman–Crippen MR) is 126 cm³/mol. The van der Waals surface area contributed by atoms with Crippen molar-refractivity contribution in [2.24, 2.45) is 0 Å². The summed E-state index contributed by atoms with van der Waals surface area (Å²) in [6.07, 6.45) is 0. The topological polar surface area (TPSA) is 71.5 Å². The molecule has 4 aromatic rings. The van der Waals surface area contributed by atoms with Crippen LogP contribution in [0, 0.1) is 0 Å². The molecule has 1 aliphatic carbocycles. The largest absolute Gasteiger partial charge is 0.289 e. The highest BCUT2D eigenvalue weighted by Crippen LogP contribution is 2.31. The molecule has 0 fully saturated rings. The van der Waals surface area contributed by atoms with Crippen molar-refractivity contribution >= 4 is 27.3 Å². The van der Waals surface area contributed by atoms with E-state index in [1.165, 1.54) is 22.5 Å². The van der Waals surface area contributed by atoms with Crippen molar-refractivity contribution < 1.29 is 18.0 Å². The van der Waals surface area contributed by atoms with Gasteiger partial charge < -0.3 is 0 Å². The predicted octanol–water partition coefficient (Wildman–Crippen LogP) is 4.86. The second-order valence-corrected chi connectivity index (χ2v) is 9.61. The molecule has 33 heavy (non-hydrogen) atoms. The number of anilines is 1. The Balaban J connectivity index is 1.61. The number of fused-ring (bicyclic) bond motifs is 2. The third-order valence-electron chi connectivity index (χ3n) is 5.70. The number of nitrogens with zero attached hydrogens (tertiary/aromatic N) is 1. The number of hydrogen-bond donors (Lipinski definition) is 0. The molecule has 5 nitrogen and oxygen atoms in total. The van der Waals surface area contributed by atoms with Gasteiger partial charge in [0.15, 0.2) is 11.6 Å². The lowest BCUT2D eigenvalue weighted by molar-refractivity contribution is 0.0979. The third-order valence-corrected chi connectivity index (χ3v) is 7.47. The monoisotopic (exact) mass is 453 g/mol. The Hall–Kier alpha value is -4.03. The number of ketones is 2. The number of benzene rings is 4. The van der Waals surface area contributed by atoms with Crippen molar-refractivity contribution in [3.05, 3.63) is 131 Å². The van der Waals surface area contributed by atoms with Crippen LogP contribution in [0.4, 0.5) is 5.69 Å². The number of carbonyl (C=O) groups is 2. The zero-order valence-electron chi connectivity index (χ0n) is 17.5. The lowest BCUT2D eigenvalue weighted by Gasteiger charge is -2.25. The first kappa shape index (κ1) is 20.8. The van der Waals surface area contributed by atoms with E-state index in [0.29, 0.717) is 11.3 Å². The highest BCUT2D eigenvalue weighted by Gasteiger charge is 2.32. The van der Waals surface area contributed by atoms with Crippen molar-refractivity contribution in [3.63, 3.8) is 0 Å². The van der Waals surface area contributed by atoms with E-state index in [4.69, 9.17) is 0 Å². The molecular formula is C27H19NO4S. The van der Waals surface area contributed by atoms with Crippen molar-refractivity contribution in [1.29, 1.82) is 0 Å². The van der Waals surface area contributed by atoms with Crippen LogP contribution in [0.25, 0.3) is 0 Å². The minimum Gasteiger partial charge on any atom is -0.289 e. The zero-order chi connectivity index (χ0) is 23.0. The summed E-state index contributed by atoms with van der Waals surface area (Å²) in [6, 6.07) is 28.9. The Morgan fingerprint density at radius 2 is 1.09 bits per heavy atom. The second-order valence-electron chi connectivity index (χ2n) is 7.74. The van der Waals surface area contributed by atoms with Crippen LogP contribution in [0.5, 0.6) is 0 Å². The molecule has 0 radical (unpaired) electrons. The van der Waals surface area contributed by atoms with Gasteiger partial charge in [-0.3, -0.25) is 13.9 Å². The fourth-order valence-electron chi connectivity index (χ4n) is 4.02. The smallest absolute Gasteiger partial charge is 0.264 e. The Bertz CT molecular complexity index is 1480. The summed E-state index contributed by atoms with van der Waals surface area (Å²) >= 11 is 0. The van der Waals surface area contributed by atoms with Gasteiger partial charge in [0, 0.05) is 22.3 Å². The molecule has 6 heteroatoms. The van der Waals surface area contributed by atoms with Crippen LogP contribution in [0.2, 0.25) is 0 Å². The molecule has 162 valence electrons. The SMILES string of the molecule is O=C1c2ccccc2C(=O)c2cc(S(=O)(=O)N(Cc3ccccc3)c3ccccc3)ccc21. The van der Waals surface area contributed by atoms with Crippen molar-refractivity contribution in [3.8, 4) is 0 Å². The number of sulfonamides is 1. The van der Waals surface area contributed by atoms with Crippen LogP contribution in [0.3, 0.4) is 0 Å². The lowest BCUT2D eigenvalue weighted by Crippen LogP contribution is -2.31. The van der Waals surface area contributed by atoms with Crippen LogP contribution in [0.1, 0.15) is 37.4 Å². The molecule has 0 aromatic heterocycles. The quantitative estimate of drug-likeness (QED) is 0.381. The van der Waals surface area contributed by atoms with Crippen LogP contribution in [-0.2, 0) is 16.6 Å². The maximum absolute atomic E-state index is 13.8. The van der Waals surface area contributed by atoms with Gasteiger partial charge in [0.05, 0.1) is 17.1 Å². The number of hydrogen-bond acceptors (Lipinski definition) is 4. The highest BCUT2D eigenvalue weighted by molar-refractivity contribution is 7.92. The molecule has 0 heterocycles. The summed E-state index contributed by atoms with van der Waals surface area (Å²) in [5.41, 5.74) is 2.27. The molecule has 0 bridgehead atoms. The van der Waals surface area contributed by atoms with E-state index in [-0.39, 0.29) is 39.7 Å². The first-order chi connectivity index (χ1) is 16.0. The minimum atomic E-state index is -4.03. The molecule has 0 saturated heterocycles. The first-order valence-electron chi connectivity index (χ1n) is 10.4. The van der Waals surface area contributed by atoms with E-state index < -0.39 is 10.0 Å². The summed E-state index contributed by atoms with van der Waals surface area (Å²) < 4.78 is 28.9. The number of para-hydroxylation sites is 1. The van der Waals surface area contributed by atoms with E-state index in [9.17, 15) is 18.0 Å². The van der Waals surface area contributed by atoms with Crippen LogP contribution >= 0.6 is 0 Å². The van der Waals surface area contributed by atoms with E-state index in [2.05, 4.69) is 0 Å². The van der Waals surface area contributed by atoms with E-state index in [0.717, 1.165) is 5.56 Å². The van der Waals surface area contributed by atoms with Gasteiger partial charge in [-0.2, -0.15) is 0 Å². The molecule has 0 aliphatic heterocycles. The molecule has 1 aliphatic rings. The molecule has 0 spiro atoms. The Morgan fingerprint density at radius 1 is 0.576 bits per heavy atom. The van der Waals surface area contributed by atoms with Crippen molar-refractivity contribution in [2.45, 2.75) is 11.4 Å². The molecule has 0 N–H and O–H groups in total. The van der Waals surface area contributed by atoms with Gasteiger partial charge >= 0.3 is 0 Å². The Labute approximate surface area is 192 Å². The minimum absolute atomic E-state index is 0.0402. The number of rotatable bonds is 5. The van der Waals surface area contributed by atoms with Crippen LogP contribution in [-0.4, -0.2) is 20.0 Å². The average Bonchev–Trinajstić information content (AvgIpc) is 2.86. The highest BCUT2D eigenvalue weighted by atomic mass is 32.2. The summed E-state index contributed by atoms with van der Waals surface area (Å²) in [4.78, 5) is 26.0. The van der Waals surface area contributed by atoms with Crippen LogP contribution in [0.15, 0.2) is 108 Å². The maximum atomic E-state index is 13.8. The summed E-state index contributed by atoms with van der Waals surface area (Å²) in [6.45, 7) is 0.125. The normalized spacial score (nSPS) is 12.7. The van der Waals surface area contributed by atoms with Crippen molar-refractivity contribution in [2.75, 3.05) is 4.31 Å². The van der Waals surface area contributed by atoms with E-state index in [1.54, 1.807) is 48.5 Å². The molecule has 0 amide bonds. The summed E-state index contributed by atoms with van der Waals surface area (Å²) in [5, 5.41) is 0. The molecular weight excluding hydrogens is 434 g/mol. The lowest BCUT2D eigenvalue weighted by atomic mass is 9.84. The zero-order valence-corrected chi connectivity index (χ0v) is 18.3. The molecule has 0 saturated carbocycles. The fourth-order valence-corrected chi connectivity index (χ4v) is 5.50. The van der Waals surface area contributed by atoms with Gasteiger partial charge in [0.25, 0.3) is 10.0 Å². The molecule has 0 atom stereocenters. The van der Waals surface area contributed by atoms with Gasteiger partial charge in [-0.1, -0.05) is 72.8 Å². The summed E-state index contributed by atoms with van der Waals surface area (Å²) in [7, 11) is -4.03. The van der Waals surface area contributed by atoms with E-state index >= 15 is 0 Å². The average molecular weight is 454 g/mol. The molecule has 5 rings (SSSR count). The molecule has 4 aromatic carbocycles. The summed E-state index contributed by atoms with van der Waals surface area (Å²) in [5.74, 6) is -0.639. The second kappa shape index (κ2) is 8.15. The van der Waals surface area contributed by atoms with Gasteiger partial charge in [-0.05, 0) is 35.9 Å². The van der Waals surface area contributed by atoms with Gasteiger partial charge in [-0.25, -0.2) is 8.42 Å². The fraction of sp³-hybridized carbons (Fsp3) is 0.0370. The van der Waals surface area contributed by atoms with Crippen LogP contribution < -0.4 is 4.31 Å². The number of carbonyl (C=O) groups excluding carboxylic acids is 2. The molecule has 0 unspecified atom stereocenters. The standard InChI is InChI=1S/C27H19NO4S/c29-26-22-13-7-8-14-23(22)27(30)25-17-21(15-16-24(25)26)33(31,32)28(20-11-5-2-6-12-20)18-19-9-3-1-4-10-19/h1-17H,18H2. The van der Waals surface area contributed by atoms with E-state index in [1.807, 2.05) is 36.4 Å².